The van der Waals surface area contributed by atoms with E-state index in [0.717, 1.165) is 29.2 Å². The minimum atomic E-state index is -0.226. The Morgan fingerprint density at radius 1 is 1.28 bits per heavy atom. The molecule has 2 nitrogen and oxygen atoms in total. The maximum Gasteiger partial charge on any atom is 0.125 e. The summed E-state index contributed by atoms with van der Waals surface area (Å²) in [4.78, 5) is 0. The molecule has 1 heterocycles. The van der Waals surface area contributed by atoms with Crippen molar-refractivity contribution in [2.75, 3.05) is 6.54 Å². The van der Waals surface area contributed by atoms with Crippen molar-refractivity contribution in [1.82, 2.24) is 5.32 Å². The summed E-state index contributed by atoms with van der Waals surface area (Å²) in [6.07, 6.45) is 0. The summed E-state index contributed by atoms with van der Waals surface area (Å²) in [5, 5.41) is 3.32. The third-order valence-corrected chi connectivity index (χ3v) is 3.06. The average Bonchev–Trinajstić information content (AvgIpc) is 2.66. The van der Waals surface area contributed by atoms with Gasteiger partial charge in [0.2, 0.25) is 0 Å². The van der Waals surface area contributed by atoms with Gasteiger partial charge in [0, 0.05) is 0 Å². The minimum Gasteiger partial charge on any atom is -0.464 e. The first kappa shape index (κ1) is 12.8. The molecule has 18 heavy (non-hydrogen) atoms. The lowest BCUT2D eigenvalue weighted by Gasteiger charge is -2.16. The van der Waals surface area contributed by atoms with Gasteiger partial charge in [-0.05, 0) is 49.7 Å². The molecule has 1 unspecified atom stereocenters. The lowest BCUT2D eigenvalue weighted by Crippen LogP contribution is -2.21. The van der Waals surface area contributed by atoms with Crippen LogP contribution in [0.2, 0.25) is 0 Å². The average molecular weight is 247 g/mol. The zero-order valence-corrected chi connectivity index (χ0v) is 11.0. The summed E-state index contributed by atoms with van der Waals surface area (Å²) in [5.74, 6) is 1.51. The zero-order valence-electron chi connectivity index (χ0n) is 11.0. The highest BCUT2D eigenvalue weighted by Gasteiger charge is 2.18. The highest BCUT2D eigenvalue weighted by molar-refractivity contribution is 5.30. The first-order chi connectivity index (χ1) is 8.61. The largest absolute Gasteiger partial charge is 0.464 e. The third-order valence-electron chi connectivity index (χ3n) is 3.06. The monoisotopic (exact) mass is 247 g/mol. The molecule has 0 spiro atoms. The van der Waals surface area contributed by atoms with E-state index in [-0.39, 0.29) is 11.9 Å². The fourth-order valence-electron chi connectivity index (χ4n) is 2.02. The molecule has 0 radical (unpaired) electrons. The van der Waals surface area contributed by atoms with Gasteiger partial charge < -0.3 is 9.73 Å². The van der Waals surface area contributed by atoms with Gasteiger partial charge in [-0.25, -0.2) is 4.39 Å². The molecule has 1 aromatic heterocycles. The number of rotatable bonds is 4. The van der Waals surface area contributed by atoms with Gasteiger partial charge in [0.25, 0.3) is 0 Å². The Hall–Kier alpha value is -1.61. The fourth-order valence-corrected chi connectivity index (χ4v) is 2.02. The van der Waals surface area contributed by atoms with Gasteiger partial charge in [0.15, 0.2) is 0 Å². The zero-order chi connectivity index (χ0) is 13.1. The van der Waals surface area contributed by atoms with Gasteiger partial charge >= 0.3 is 0 Å². The van der Waals surface area contributed by atoms with E-state index in [2.05, 4.69) is 5.32 Å². The number of nitrogens with one attached hydrogen (secondary N) is 1. The molecular formula is C15H18FNO. The van der Waals surface area contributed by atoms with Crippen molar-refractivity contribution in [2.24, 2.45) is 0 Å². The Morgan fingerprint density at radius 2 is 2.06 bits per heavy atom. The van der Waals surface area contributed by atoms with Gasteiger partial charge in [-0.15, -0.1) is 0 Å². The van der Waals surface area contributed by atoms with Crippen molar-refractivity contribution in [3.8, 4) is 0 Å². The summed E-state index contributed by atoms with van der Waals surface area (Å²) in [6.45, 7) is 6.76. The van der Waals surface area contributed by atoms with E-state index < -0.39 is 0 Å². The van der Waals surface area contributed by atoms with E-state index >= 15 is 0 Å². The topological polar surface area (TPSA) is 25.2 Å². The highest BCUT2D eigenvalue weighted by Crippen LogP contribution is 2.26. The molecule has 96 valence electrons. The highest BCUT2D eigenvalue weighted by atomic mass is 19.1. The second kappa shape index (κ2) is 5.36. The molecule has 1 atom stereocenters. The number of aryl methyl sites for hydroxylation is 2. The SMILES string of the molecule is CCNC(c1cccc(F)c1)c1cc(C)c(C)o1. The predicted molar refractivity (Wildman–Crippen MR) is 70.1 cm³/mol. The molecule has 3 heteroatoms. The molecule has 0 saturated heterocycles. The van der Waals surface area contributed by atoms with Crippen LogP contribution in [0.25, 0.3) is 0 Å². The second-order valence-corrected chi connectivity index (χ2v) is 4.43. The van der Waals surface area contributed by atoms with E-state index in [1.165, 1.54) is 6.07 Å². The molecule has 0 fully saturated rings. The molecule has 1 aromatic carbocycles. The van der Waals surface area contributed by atoms with Crippen LogP contribution < -0.4 is 5.32 Å². The van der Waals surface area contributed by atoms with E-state index in [0.29, 0.717) is 0 Å². The lowest BCUT2D eigenvalue weighted by molar-refractivity contribution is 0.433. The molecule has 0 saturated carbocycles. The summed E-state index contributed by atoms with van der Waals surface area (Å²) >= 11 is 0. The van der Waals surface area contributed by atoms with Crippen LogP contribution in [0.5, 0.6) is 0 Å². The molecular weight excluding hydrogens is 229 g/mol. The molecule has 0 aliphatic heterocycles. The van der Waals surface area contributed by atoms with E-state index in [4.69, 9.17) is 4.42 Å². The van der Waals surface area contributed by atoms with Crippen LogP contribution in [-0.2, 0) is 0 Å². The van der Waals surface area contributed by atoms with Crippen molar-refractivity contribution < 1.29 is 8.81 Å². The summed E-state index contributed by atoms with van der Waals surface area (Å²) < 4.78 is 19.0. The minimum absolute atomic E-state index is 0.0990. The van der Waals surface area contributed by atoms with Crippen LogP contribution in [0.4, 0.5) is 4.39 Å². The summed E-state index contributed by atoms with van der Waals surface area (Å²) in [5.41, 5.74) is 2.00. The smallest absolute Gasteiger partial charge is 0.125 e. The molecule has 2 rings (SSSR count). The number of furan rings is 1. The van der Waals surface area contributed by atoms with Crippen LogP contribution in [0.15, 0.2) is 34.7 Å². The van der Waals surface area contributed by atoms with Crippen molar-refractivity contribution in [2.45, 2.75) is 26.8 Å². The maximum absolute atomic E-state index is 13.3. The van der Waals surface area contributed by atoms with Crippen molar-refractivity contribution >= 4 is 0 Å². The van der Waals surface area contributed by atoms with E-state index in [1.54, 1.807) is 12.1 Å². The van der Waals surface area contributed by atoms with Gasteiger partial charge in [-0.2, -0.15) is 0 Å². The molecule has 0 bridgehead atoms. The first-order valence-corrected chi connectivity index (χ1v) is 6.17. The Balaban J connectivity index is 2.39. The van der Waals surface area contributed by atoms with Gasteiger partial charge in [0.05, 0.1) is 6.04 Å². The van der Waals surface area contributed by atoms with Crippen molar-refractivity contribution in [3.05, 3.63) is 58.8 Å². The molecule has 0 aliphatic rings. The van der Waals surface area contributed by atoms with Crippen molar-refractivity contribution in [3.63, 3.8) is 0 Å². The molecule has 2 aromatic rings. The van der Waals surface area contributed by atoms with E-state index in [1.807, 2.05) is 32.9 Å². The number of halogens is 1. The van der Waals surface area contributed by atoms with Crippen LogP contribution in [0.1, 0.15) is 35.6 Å². The van der Waals surface area contributed by atoms with E-state index in [9.17, 15) is 4.39 Å². The fraction of sp³-hybridized carbons (Fsp3) is 0.333. The standard InChI is InChI=1S/C15H18FNO/c1-4-17-15(12-6-5-7-13(16)9-12)14-8-10(2)11(3)18-14/h5-9,15,17H,4H2,1-3H3. The third kappa shape index (κ3) is 2.62. The Morgan fingerprint density at radius 3 is 2.61 bits per heavy atom. The molecule has 0 amide bonds. The predicted octanol–water partition coefficient (Wildman–Crippen LogP) is 3.73. The second-order valence-electron chi connectivity index (χ2n) is 4.43. The number of hydrogen-bond acceptors (Lipinski definition) is 2. The van der Waals surface area contributed by atoms with Crippen molar-refractivity contribution in [1.29, 1.82) is 0 Å². The maximum atomic E-state index is 13.3. The quantitative estimate of drug-likeness (QED) is 0.890. The van der Waals surface area contributed by atoms with Crippen LogP contribution in [0, 0.1) is 19.7 Å². The number of benzene rings is 1. The lowest BCUT2D eigenvalue weighted by atomic mass is 10.0. The normalized spacial score (nSPS) is 12.7. The summed E-state index contributed by atoms with van der Waals surface area (Å²) in [7, 11) is 0. The van der Waals surface area contributed by atoms with Gasteiger partial charge in [-0.1, -0.05) is 19.1 Å². The van der Waals surface area contributed by atoms with Crippen LogP contribution >= 0.6 is 0 Å². The molecule has 1 N–H and O–H groups in total. The summed E-state index contributed by atoms with van der Waals surface area (Å²) in [6, 6.07) is 8.53. The van der Waals surface area contributed by atoms with Gasteiger partial charge in [-0.3, -0.25) is 0 Å². The van der Waals surface area contributed by atoms with Gasteiger partial charge in [0.1, 0.15) is 17.3 Å². The Labute approximate surface area is 107 Å². The Kier molecular flexibility index (Phi) is 3.82. The molecule has 0 aliphatic carbocycles. The Bertz CT molecular complexity index is 514. The van der Waals surface area contributed by atoms with Crippen LogP contribution in [0.3, 0.4) is 0 Å². The number of hydrogen-bond donors (Lipinski definition) is 1. The van der Waals surface area contributed by atoms with Crippen LogP contribution in [-0.4, -0.2) is 6.54 Å². The first-order valence-electron chi connectivity index (χ1n) is 6.17.